The normalized spacial score (nSPS) is 11.8. The molecular formula is C19H27FN4S. The molecule has 0 fully saturated rings. The molecule has 0 aliphatic carbocycles. The van der Waals surface area contributed by atoms with Crippen LogP contribution in [0, 0.1) is 5.82 Å². The molecule has 1 heterocycles. The second-order valence-electron chi connectivity index (χ2n) is 6.15. The van der Waals surface area contributed by atoms with Gasteiger partial charge in [-0.2, -0.15) is 0 Å². The first-order valence-electron chi connectivity index (χ1n) is 8.79. The van der Waals surface area contributed by atoms with E-state index < -0.39 is 0 Å². The van der Waals surface area contributed by atoms with Gasteiger partial charge in [0, 0.05) is 37.4 Å². The van der Waals surface area contributed by atoms with Crippen LogP contribution in [0.2, 0.25) is 0 Å². The molecule has 0 spiro atoms. The van der Waals surface area contributed by atoms with Gasteiger partial charge in [0.15, 0.2) is 5.96 Å². The number of halogens is 1. The van der Waals surface area contributed by atoms with Gasteiger partial charge < -0.3 is 10.6 Å². The number of aliphatic imine (C=N–C) groups is 1. The van der Waals surface area contributed by atoms with Crippen molar-refractivity contribution in [1.82, 2.24) is 15.6 Å². The van der Waals surface area contributed by atoms with Gasteiger partial charge in [0.25, 0.3) is 0 Å². The van der Waals surface area contributed by atoms with Crippen LogP contribution in [-0.4, -0.2) is 30.6 Å². The number of aromatic nitrogens is 1. The molecule has 2 rings (SSSR count). The second-order valence-corrected chi connectivity index (χ2v) is 7.04. The zero-order chi connectivity index (χ0) is 18.1. The number of nitrogens with one attached hydrogen (secondary N) is 2. The van der Waals surface area contributed by atoms with E-state index >= 15 is 0 Å². The van der Waals surface area contributed by atoms with Crippen LogP contribution in [0.5, 0.6) is 0 Å². The molecule has 136 valence electrons. The maximum absolute atomic E-state index is 13.2. The lowest BCUT2D eigenvalue weighted by molar-refractivity contribution is 0.625. The third-order valence-electron chi connectivity index (χ3n) is 3.64. The Morgan fingerprint density at radius 2 is 2.12 bits per heavy atom. The fourth-order valence-electron chi connectivity index (χ4n) is 2.34. The predicted molar refractivity (Wildman–Crippen MR) is 104 cm³/mol. The fraction of sp³-hybridized carbons (Fsp3) is 0.474. The largest absolute Gasteiger partial charge is 0.357 e. The van der Waals surface area contributed by atoms with Gasteiger partial charge in [0.1, 0.15) is 5.82 Å². The standard InChI is InChI=1S/C19H27FN4S/c1-4-21-19(22-10-8-15-6-5-7-16(20)12-15)23-11-9-17-13-25-18(24-17)14(2)3/h5-7,12-14H,4,8-11H2,1-3H3,(H2,21,22,23). The van der Waals surface area contributed by atoms with Crippen molar-refractivity contribution >= 4 is 17.3 Å². The summed E-state index contributed by atoms with van der Waals surface area (Å²) in [6.07, 6.45) is 1.59. The molecule has 1 aromatic heterocycles. The number of nitrogens with zero attached hydrogens (tertiary/aromatic N) is 2. The van der Waals surface area contributed by atoms with Crippen LogP contribution in [0.15, 0.2) is 34.6 Å². The number of hydrogen-bond acceptors (Lipinski definition) is 3. The Labute approximate surface area is 153 Å². The lowest BCUT2D eigenvalue weighted by atomic mass is 10.1. The SMILES string of the molecule is CCNC(=NCCc1csc(C(C)C)n1)NCCc1cccc(F)c1. The van der Waals surface area contributed by atoms with E-state index in [4.69, 9.17) is 0 Å². The van der Waals surface area contributed by atoms with Crippen LogP contribution in [0.1, 0.15) is 43.0 Å². The summed E-state index contributed by atoms with van der Waals surface area (Å²) in [7, 11) is 0. The first-order chi connectivity index (χ1) is 12.1. The van der Waals surface area contributed by atoms with Crippen molar-refractivity contribution in [2.75, 3.05) is 19.6 Å². The Hall–Kier alpha value is -1.95. The molecule has 0 bridgehead atoms. The molecule has 0 saturated heterocycles. The molecule has 0 atom stereocenters. The number of guanidine groups is 1. The van der Waals surface area contributed by atoms with Crippen molar-refractivity contribution in [2.45, 2.75) is 39.5 Å². The summed E-state index contributed by atoms with van der Waals surface area (Å²) >= 11 is 1.72. The van der Waals surface area contributed by atoms with Crippen LogP contribution in [0.3, 0.4) is 0 Å². The van der Waals surface area contributed by atoms with Gasteiger partial charge in [-0.1, -0.05) is 26.0 Å². The highest BCUT2D eigenvalue weighted by atomic mass is 32.1. The maximum Gasteiger partial charge on any atom is 0.191 e. The van der Waals surface area contributed by atoms with Crippen LogP contribution in [-0.2, 0) is 12.8 Å². The van der Waals surface area contributed by atoms with Gasteiger partial charge in [-0.3, -0.25) is 4.99 Å². The van der Waals surface area contributed by atoms with Crippen molar-refractivity contribution in [3.63, 3.8) is 0 Å². The molecule has 6 heteroatoms. The van der Waals surface area contributed by atoms with E-state index in [1.54, 1.807) is 23.5 Å². The average molecular weight is 363 g/mol. The van der Waals surface area contributed by atoms with Gasteiger partial charge in [0.2, 0.25) is 0 Å². The molecule has 0 unspecified atom stereocenters. The molecule has 0 radical (unpaired) electrons. The minimum absolute atomic E-state index is 0.192. The van der Waals surface area contributed by atoms with E-state index in [0.717, 1.165) is 36.6 Å². The minimum Gasteiger partial charge on any atom is -0.357 e. The molecule has 4 nitrogen and oxygen atoms in total. The molecule has 25 heavy (non-hydrogen) atoms. The molecule has 0 aliphatic rings. The van der Waals surface area contributed by atoms with Crippen LogP contribution in [0.4, 0.5) is 4.39 Å². The Kier molecular flexibility index (Phi) is 7.85. The summed E-state index contributed by atoms with van der Waals surface area (Å²) in [5.74, 6) is 1.07. The highest BCUT2D eigenvalue weighted by molar-refractivity contribution is 7.09. The van der Waals surface area contributed by atoms with Crippen molar-refractivity contribution in [3.05, 3.63) is 51.7 Å². The van der Waals surface area contributed by atoms with Gasteiger partial charge in [0.05, 0.1) is 10.7 Å². The zero-order valence-corrected chi connectivity index (χ0v) is 16.0. The summed E-state index contributed by atoms with van der Waals surface area (Å²) in [5, 5.41) is 9.83. The zero-order valence-electron chi connectivity index (χ0n) is 15.2. The monoisotopic (exact) mass is 362 g/mol. The van der Waals surface area contributed by atoms with E-state index in [1.807, 2.05) is 13.0 Å². The van der Waals surface area contributed by atoms with Gasteiger partial charge >= 0.3 is 0 Å². The fourth-order valence-corrected chi connectivity index (χ4v) is 3.21. The Morgan fingerprint density at radius 3 is 2.80 bits per heavy atom. The van der Waals surface area contributed by atoms with Gasteiger partial charge in [-0.05, 0) is 31.0 Å². The first-order valence-corrected chi connectivity index (χ1v) is 9.67. The highest BCUT2D eigenvalue weighted by Crippen LogP contribution is 2.19. The van der Waals surface area contributed by atoms with Crippen LogP contribution in [0.25, 0.3) is 0 Å². The van der Waals surface area contributed by atoms with Gasteiger partial charge in [-0.15, -0.1) is 11.3 Å². The van der Waals surface area contributed by atoms with Gasteiger partial charge in [-0.25, -0.2) is 9.37 Å². The second kappa shape index (κ2) is 10.1. The number of thiazole rings is 1. The van der Waals surface area contributed by atoms with Crippen molar-refractivity contribution in [1.29, 1.82) is 0 Å². The van der Waals surface area contributed by atoms with Crippen molar-refractivity contribution in [3.8, 4) is 0 Å². The predicted octanol–water partition coefficient (Wildman–Crippen LogP) is 3.75. The molecule has 0 saturated carbocycles. The third kappa shape index (κ3) is 6.82. The Morgan fingerprint density at radius 1 is 1.28 bits per heavy atom. The summed E-state index contributed by atoms with van der Waals surface area (Å²) < 4.78 is 13.2. The Bertz CT molecular complexity index is 682. The summed E-state index contributed by atoms with van der Waals surface area (Å²) in [5.41, 5.74) is 2.08. The van der Waals surface area contributed by atoms with E-state index in [0.29, 0.717) is 19.0 Å². The lowest BCUT2D eigenvalue weighted by Crippen LogP contribution is -2.38. The smallest absolute Gasteiger partial charge is 0.191 e. The highest BCUT2D eigenvalue weighted by Gasteiger charge is 2.05. The molecule has 0 amide bonds. The van der Waals surface area contributed by atoms with Crippen LogP contribution < -0.4 is 10.6 Å². The molecule has 1 aromatic carbocycles. The van der Waals surface area contributed by atoms with E-state index in [9.17, 15) is 4.39 Å². The van der Waals surface area contributed by atoms with E-state index in [1.165, 1.54) is 11.1 Å². The molecule has 2 aromatic rings. The number of hydrogen-bond donors (Lipinski definition) is 2. The van der Waals surface area contributed by atoms with Crippen LogP contribution >= 0.6 is 11.3 Å². The van der Waals surface area contributed by atoms with Crippen molar-refractivity contribution in [2.24, 2.45) is 4.99 Å². The maximum atomic E-state index is 13.2. The number of benzene rings is 1. The van der Waals surface area contributed by atoms with Crippen molar-refractivity contribution < 1.29 is 4.39 Å². The topological polar surface area (TPSA) is 49.3 Å². The summed E-state index contributed by atoms with van der Waals surface area (Å²) in [6, 6.07) is 6.71. The van der Waals surface area contributed by atoms with E-state index in [2.05, 4.69) is 39.8 Å². The molecule has 2 N–H and O–H groups in total. The Balaban J connectivity index is 1.80. The third-order valence-corrected chi connectivity index (χ3v) is 4.83. The summed E-state index contributed by atoms with van der Waals surface area (Å²) in [6.45, 7) is 8.57. The number of rotatable bonds is 8. The summed E-state index contributed by atoms with van der Waals surface area (Å²) in [4.78, 5) is 9.23. The minimum atomic E-state index is -0.192. The average Bonchev–Trinajstić information content (AvgIpc) is 3.04. The lowest BCUT2D eigenvalue weighted by Gasteiger charge is -2.11. The first kappa shape index (κ1) is 19.4. The molecular weight excluding hydrogens is 335 g/mol. The molecule has 0 aliphatic heterocycles. The van der Waals surface area contributed by atoms with E-state index in [-0.39, 0.29) is 5.82 Å². The quantitative estimate of drug-likeness (QED) is 0.555.